The van der Waals surface area contributed by atoms with Crippen molar-refractivity contribution in [2.75, 3.05) is 19.7 Å². The smallest absolute Gasteiger partial charge is 0.248 e. The molecular weight excluding hydrogens is 300 g/mol. The summed E-state index contributed by atoms with van der Waals surface area (Å²) in [5, 5.41) is 0.901. The number of hydrogen-bond donors (Lipinski definition) is 0. The number of carbonyl (C=O) groups excluding carboxylic acids is 1. The van der Waals surface area contributed by atoms with E-state index >= 15 is 0 Å². The Morgan fingerprint density at radius 1 is 1.36 bits per heavy atom. The summed E-state index contributed by atoms with van der Waals surface area (Å²) in [7, 11) is 0. The molecule has 1 fully saturated rings. The Morgan fingerprint density at radius 2 is 2.09 bits per heavy atom. The first-order valence-corrected chi connectivity index (χ1v) is 8.29. The highest BCUT2D eigenvalue weighted by Gasteiger charge is 2.25. The lowest BCUT2D eigenvalue weighted by Gasteiger charge is -2.35. The van der Waals surface area contributed by atoms with E-state index in [1.54, 1.807) is 11.3 Å². The molecule has 2 heterocycles. The van der Waals surface area contributed by atoms with Crippen LogP contribution in [0.4, 0.5) is 0 Å². The zero-order valence-electron chi connectivity index (χ0n) is 12.8. The summed E-state index contributed by atoms with van der Waals surface area (Å²) in [6.45, 7) is 5.70. The number of rotatable bonds is 4. The molecule has 6 heteroatoms. The van der Waals surface area contributed by atoms with Crippen molar-refractivity contribution in [3.63, 3.8) is 0 Å². The minimum absolute atomic E-state index is 0.0168. The van der Waals surface area contributed by atoms with Crippen LogP contribution < -0.4 is 0 Å². The number of aromatic nitrogens is 1. The van der Waals surface area contributed by atoms with Crippen LogP contribution in [0.2, 0.25) is 0 Å². The second kappa shape index (κ2) is 6.73. The standard InChI is InChI=1S/C16H20N2O3S/c1-11-7-18(8-12(2)21-11)16(19)10-20-9-15-17-13-5-3-4-6-14(13)22-15/h3-6,11-12H,7-10H2,1-2H3. The minimum Gasteiger partial charge on any atom is -0.372 e. The van der Waals surface area contributed by atoms with Gasteiger partial charge in [0.2, 0.25) is 5.91 Å². The number of benzene rings is 1. The van der Waals surface area contributed by atoms with Crippen LogP contribution in [0.15, 0.2) is 24.3 Å². The topological polar surface area (TPSA) is 51.7 Å². The van der Waals surface area contributed by atoms with Gasteiger partial charge in [0.05, 0.1) is 29.0 Å². The summed E-state index contributed by atoms with van der Waals surface area (Å²) >= 11 is 1.60. The molecule has 22 heavy (non-hydrogen) atoms. The number of hydrogen-bond acceptors (Lipinski definition) is 5. The fourth-order valence-electron chi connectivity index (χ4n) is 2.68. The van der Waals surface area contributed by atoms with E-state index in [2.05, 4.69) is 4.98 Å². The molecule has 0 saturated carbocycles. The molecule has 2 atom stereocenters. The molecule has 5 nitrogen and oxygen atoms in total. The van der Waals surface area contributed by atoms with Crippen molar-refractivity contribution in [3.8, 4) is 0 Å². The molecule has 1 aliphatic heterocycles. The van der Waals surface area contributed by atoms with Gasteiger partial charge in [-0.3, -0.25) is 4.79 Å². The van der Waals surface area contributed by atoms with E-state index < -0.39 is 0 Å². The Labute approximate surface area is 133 Å². The Kier molecular flexibility index (Phi) is 4.71. The van der Waals surface area contributed by atoms with Crippen LogP contribution in [0, 0.1) is 0 Å². The lowest BCUT2D eigenvalue weighted by Crippen LogP contribution is -2.49. The summed E-state index contributed by atoms with van der Waals surface area (Å²) in [4.78, 5) is 18.5. The zero-order chi connectivity index (χ0) is 15.5. The quantitative estimate of drug-likeness (QED) is 0.868. The molecule has 2 unspecified atom stereocenters. The number of nitrogens with zero attached hydrogens (tertiary/aromatic N) is 2. The molecular formula is C16H20N2O3S. The molecule has 118 valence electrons. The third-order valence-corrected chi connectivity index (χ3v) is 4.57. The SMILES string of the molecule is CC1CN(C(=O)COCc2nc3ccccc3s2)CC(C)O1. The van der Waals surface area contributed by atoms with Gasteiger partial charge in [-0.1, -0.05) is 12.1 Å². The molecule has 0 bridgehead atoms. The first-order valence-electron chi connectivity index (χ1n) is 7.47. The summed E-state index contributed by atoms with van der Waals surface area (Å²) < 4.78 is 12.3. The maximum absolute atomic E-state index is 12.2. The lowest BCUT2D eigenvalue weighted by molar-refractivity contribution is -0.148. The maximum Gasteiger partial charge on any atom is 0.248 e. The highest BCUT2D eigenvalue weighted by molar-refractivity contribution is 7.18. The van der Waals surface area contributed by atoms with Crippen LogP contribution in [0.25, 0.3) is 10.2 Å². The maximum atomic E-state index is 12.2. The highest BCUT2D eigenvalue weighted by Crippen LogP contribution is 2.22. The number of carbonyl (C=O) groups is 1. The van der Waals surface area contributed by atoms with Gasteiger partial charge in [0.15, 0.2) is 0 Å². The summed E-state index contributed by atoms with van der Waals surface area (Å²) in [6, 6.07) is 7.99. The van der Waals surface area contributed by atoms with Gasteiger partial charge in [0, 0.05) is 13.1 Å². The van der Waals surface area contributed by atoms with Gasteiger partial charge in [-0.25, -0.2) is 4.98 Å². The molecule has 1 saturated heterocycles. The van der Waals surface area contributed by atoms with Crippen molar-refractivity contribution in [2.45, 2.75) is 32.7 Å². The van der Waals surface area contributed by atoms with Gasteiger partial charge < -0.3 is 14.4 Å². The normalized spacial score (nSPS) is 22.2. The zero-order valence-corrected chi connectivity index (χ0v) is 13.6. The van der Waals surface area contributed by atoms with E-state index in [1.807, 2.05) is 43.0 Å². The van der Waals surface area contributed by atoms with Gasteiger partial charge in [-0.15, -0.1) is 11.3 Å². The number of fused-ring (bicyclic) bond motifs is 1. The van der Waals surface area contributed by atoms with Crippen LogP contribution >= 0.6 is 11.3 Å². The highest BCUT2D eigenvalue weighted by atomic mass is 32.1. The van der Waals surface area contributed by atoms with Gasteiger partial charge in [-0.05, 0) is 26.0 Å². The van der Waals surface area contributed by atoms with Crippen molar-refractivity contribution in [2.24, 2.45) is 0 Å². The van der Waals surface area contributed by atoms with Crippen molar-refractivity contribution in [1.29, 1.82) is 0 Å². The number of ether oxygens (including phenoxy) is 2. The van der Waals surface area contributed by atoms with Crippen molar-refractivity contribution in [3.05, 3.63) is 29.3 Å². The van der Waals surface area contributed by atoms with E-state index in [-0.39, 0.29) is 24.7 Å². The Morgan fingerprint density at radius 3 is 2.82 bits per heavy atom. The second-order valence-corrected chi connectivity index (χ2v) is 6.74. The summed E-state index contributed by atoms with van der Waals surface area (Å²) in [6.07, 6.45) is 0.161. The molecule has 2 aromatic rings. The molecule has 3 rings (SSSR count). The molecule has 0 spiro atoms. The Bertz CT molecular complexity index is 615. The number of morpholine rings is 1. The third kappa shape index (κ3) is 3.63. The average Bonchev–Trinajstić information content (AvgIpc) is 2.88. The minimum atomic E-state index is 0.0168. The largest absolute Gasteiger partial charge is 0.372 e. The Balaban J connectivity index is 1.51. The van der Waals surface area contributed by atoms with Crippen LogP contribution in [0.1, 0.15) is 18.9 Å². The predicted octanol–water partition coefficient (Wildman–Crippen LogP) is 2.45. The molecule has 1 aromatic heterocycles. The van der Waals surface area contributed by atoms with Gasteiger partial charge >= 0.3 is 0 Å². The van der Waals surface area contributed by atoms with Gasteiger partial charge in [0.25, 0.3) is 0 Å². The summed E-state index contributed by atoms with van der Waals surface area (Å²) in [5.41, 5.74) is 0.980. The number of thiazole rings is 1. The molecule has 0 aliphatic carbocycles. The predicted molar refractivity (Wildman–Crippen MR) is 85.9 cm³/mol. The number of amides is 1. The molecule has 0 N–H and O–H groups in total. The Hall–Kier alpha value is -1.50. The molecule has 1 aromatic carbocycles. The third-order valence-electron chi connectivity index (χ3n) is 3.56. The van der Waals surface area contributed by atoms with Crippen molar-refractivity contribution < 1.29 is 14.3 Å². The fourth-order valence-corrected chi connectivity index (χ4v) is 3.59. The van der Waals surface area contributed by atoms with Gasteiger partial charge in [-0.2, -0.15) is 0 Å². The van der Waals surface area contributed by atoms with E-state index in [1.165, 1.54) is 0 Å². The summed E-state index contributed by atoms with van der Waals surface area (Å²) in [5.74, 6) is 0.0168. The van der Waals surface area contributed by atoms with Crippen LogP contribution in [0.3, 0.4) is 0 Å². The van der Waals surface area contributed by atoms with Crippen LogP contribution in [-0.4, -0.2) is 47.7 Å². The van der Waals surface area contributed by atoms with E-state index in [4.69, 9.17) is 9.47 Å². The lowest BCUT2D eigenvalue weighted by atomic mass is 10.2. The number of para-hydroxylation sites is 1. The van der Waals surface area contributed by atoms with E-state index in [9.17, 15) is 4.79 Å². The van der Waals surface area contributed by atoms with Crippen LogP contribution in [-0.2, 0) is 20.9 Å². The average molecular weight is 320 g/mol. The van der Waals surface area contributed by atoms with E-state index in [0.29, 0.717) is 19.7 Å². The van der Waals surface area contributed by atoms with Crippen molar-refractivity contribution in [1.82, 2.24) is 9.88 Å². The van der Waals surface area contributed by atoms with E-state index in [0.717, 1.165) is 15.2 Å². The van der Waals surface area contributed by atoms with Crippen molar-refractivity contribution >= 4 is 27.5 Å². The first kappa shape index (κ1) is 15.4. The molecule has 0 radical (unpaired) electrons. The second-order valence-electron chi connectivity index (χ2n) is 5.62. The first-order chi connectivity index (χ1) is 10.6. The van der Waals surface area contributed by atoms with Crippen LogP contribution in [0.5, 0.6) is 0 Å². The molecule has 1 amide bonds. The fraction of sp³-hybridized carbons (Fsp3) is 0.500. The monoisotopic (exact) mass is 320 g/mol. The van der Waals surface area contributed by atoms with Gasteiger partial charge in [0.1, 0.15) is 11.6 Å². The molecule has 1 aliphatic rings.